The predicted octanol–water partition coefficient (Wildman–Crippen LogP) is 4.08. The first-order valence-electron chi connectivity index (χ1n) is 11.3. The molecule has 2 aromatic rings. The van der Waals surface area contributed by atoms with Crippen LogP contribution in [0.2, 0.25) is 0 Å². The Kier molecular flexibility index (Phi) is 6.34. The molecule has 0 radical (unpaired) electrons. The fraction of sp³-hybridized carbons (Fsp3) is 0.542. The second kappa shape index (κ2) is 9.01. The zero-order valence-corrected chi connectivity index (χ0v) is 18.8. The third kappa shape index (κ3) is 4.21. The van der Waals surface area contributed by atoms with Gasteiger partial charge in [-0.3, -0.25) is 0 Å². The van der Waals surface area contributed by atoms with E-state index in [4.69, 9.17) is 15.5 Å². The van der Waals surface area contributed by atoms with Gasteiger partial charge in [0.1, 0.15) is 23.2 Å². The number of rotatable bonds is 6. The first-order chi connectivity index (χ1) is 15.0. The largest absolute Gasteiger partial charge is 0.381 e. The summed E-state index contributed by atoms with van der Waals surface area (Å²) < 4.78 is 21.4. The molecule has 3 N–H and O–H groups in total. The third-order valence-corrected chi connectivity index (χ3v) is 6.41. The number of benzene rings is 1. The van der Waals surface area contributed by atoms with Gasteiger partial charge in [0.15, 0.2) is 0 Å². The van der Waals surface area contributed by atoms with Gasteiger partial charge in [0.2, 0.25) is 0 Å². The van der Waals surface area contributed by atoms with Crippen LogP contribution in [0.4, 0.5) is 10.2 Å². The summed E-state index contributed by atoms with van der Waals surface area (Å²) in [5.74, 6) is 1.79. The normalized spacial score (nSPS) is 19.4. The molecule has 0 bridgehead atoms. The van der Waals surface area contributed by atoms with Gasteiger partial charge in [-0.15, -0.1) is 0 Å². The molecule has 3 heterocycles. The van der Waals surface area contributed by atoms with E-state index in [1.54, 1.807) is 0 Å². The van der Waals surface area contributed by atoms with E-state index in [1.807, 2.05) is 12.1 Å². The predicted molar refractivity (Wildman–Crippen MR) is 122 cm³/mol. The molecule has 1 fully saturated rings. The van der Waals surface area contributed by atoms with Crippen LogP contribution in [-0.4, -0.2) is 46.8 Å². The molecule has 4 rings (SSSR count). The molecule has 1 aromatic heterocycles. The number of halogens is 1. The smallest absolute Gasteiger partial charge is 0.136 e. The highest BCUT2D eigenvalue weighted by Gasteiger charge is 2.40. The zero-order valence-electron chi connectivity index (χ0n) is 18.8. The number of aromatic nitrogens is 2. The first-order valence-corrected chi connectivity index (χ1v) is 11.3. The van der Waals surface area contributed by atoms with Crippen LogP contribution < -0.4 is 11.1 Å². The van der Waals surface area contributed by atoms with Crippen LogP contribution in [-0.2, 0) is 16.8 Å². The molecule has 1 saturated heterocycles. The maximum Gasteiger partial charge on any atom is 0.136 e. The van der Waals surface area contributed by atoms with E-state index in [0.717, 1.165) is 74.2 Å². The number of allylic oxidation sites excluding steroid dienone is 1. The summed E-state index contributed by atoms with van der Waals surface area (Å²) in [5, 5.41) is 3.76. The van der Waals surface area contributed by atoms with Crippen LogP contribution in [0.1, 0.15) is 45.9 Å². The number of hydrogen-bond donors (Lipinski definition) is 2. The zero-order chi connectivity index (χ0) is 22.0. The second-order valence-corrected chi connectivity index (χ2v) is 8.84. The summed E-state index contributed by atoms with van der Waals surface area (Å²) in [6, 6.07) is 6.96. The minimum absolute atomic E-state index is 0.240. The van der Waals surface area contributed by atoms with Crippen molar-refractivity contribution in [3.63, 3.8) is 0 Å². The minimum atomic E-state index is -0.316. The van der Waals surface area contributed by atoms with Gasteiger partial charge in [-0.1, -0.05) is 13.0 Å². The summed E-state index contributed by atoms with van der Waals surface area (Å²) in [4.78, 5) is 7.51. The summed E-state index contributed by atoms with van der Waals surface area (Å²) in [5.41, 5.74) is 8.74. The number of fused-ring (bicyclic) bond motifs is 1. The molecular formula is C24H34FN5O. The quantitative estimate of drug-likeness (QED) is 0.727. The van der Waals surface area contributed by atoms with E-state index in [1.165, 1.54) is 12.1 Å². The molecule has 0 atom stereocenters. The number of imidazole rings is 1. The van der Waals surface area contributed by atoms with Crippen molar-refractivity contribution in [2.45, 2.75) is 58.2 Å². The van der Waals surface area contributed by atoms with Gasteiger partial charge in [0.25, 0.3) is 0 Å². The van der Waals surface area contributed by atoms with Gasteiger partial charge in [-0.05, 0) is 57.4 Å². The number of hydrogen-bond acceptors (Lipinski definition) is 5. The van der Waals surface area contributed by atoms with Gasteiger partial charge >= 0.3 is 0 Å². The average Bonchev–Trinajstić information content (AvgIpc) is 3.13. The Morgan fingerprint density at radius 3 is 2.61 bits per heavy atom. The molecule has 0 amide bonds. The van der Waals surface area contributed by atoms with Crippen molar-refractivity contribution >= 4 is 5.82 Å². The van der Waals surface area contributed by atoms with Gasteiger partial charge in [-0.2, -0.15) is 0 Å². The first kappa shape index (κ1) is 21.8. The fourth-order valence-corrected chi connectivity index (χ4v) is 4.77. The number of nitrogens with zero attached hydrogens (tertiary/aromatic N) is 3. The minimum Gasteiger partial charge on any atom is -0.381 e. The Morgan fingerprint density at radius 1 is 1.26 bits per heavy atom. The van der Waals surface area contributed by atoms with E-state index >= 15 is 0 Å². The molecule has 2 aliphatic heterocycles. The van der Waals surface area contributed by atoms with E-state index in [2.05, 4.69) is 41.6 Å². The lowest BCUT2D eigenvalue weighted by Gasteiger charge is -2.45. The van der Waals surface area contributed by atoms with Crippen LogP contribution in [0.15, 0.2) is 36.0 Å². The van der Waals surface area contributed by atoms with Crippen molar-refractivity contribution in [2.24, 2.45) is 5.73 Å². The van der Waals surface area contributed by atoms with Crippen LogP contribution >= 0.6 is 0 Å². The topological polar surface area (TPSA) is 68.3 Å². The molecule has 2 aliphatic rings. The highest BCUT2D eigenvalue weighted by molar-refractivity contribution is 5.73. The van der Waals surface area contributed by atoms with Crippen molar-refractivity contribution in [3.8, 4) is 11.3 Å². The molecule has 0 aliphatic carbocycles. The number of nitrogens with two attached hydrogens (primary N) is 1. The van der Waals surface area contributed by atoms with Crippen molar-refractivity contribution in [2.75, 3.05) is 31.6 Å². The Bertz CT molecular complexity index is 928. The molecule has 6 nitrogen and oxygen atoms in total. The van der Waals surface area contributed by atoms with Gasteiger partial charge in [0.05, 0.1) is 5.54 Å². The highest BCUT2D eigenvalue weighted by Crippen LogP contribution is 2.40. The lowest BCUT2D eigenvalue weighted by atomic mass is 9.97. The maximum atomic E-state index is 13.6. The number of anilines is 1. The number of nitrogens with one attached hydrogen (secondary N) is 1. The standard InChI is InChI=1S/C24H34FN5O/c1-4-5-20(16-26)30-13-12-29-22(27-19-10-14-31-15-11-19)21(28-23(29)24(30,2)3)17-6-8-18(25)9-7-17/h5-9,19,27H,4,10-16,26H2,1-3H3/b20-5+. The molecule has 7 heteroatoms. The fourth-order valence-electron chi connectivity index (χ4n) is 4.77. The number of ether oxygens (including phenoxy) is 1. The lowest BCUT2D eigenvalue weighted by Crippen LogP contribution is -2.49. The summed E-state index contributed by atoms with van der Waals surface area (Å²) >= 11 is 0. The maximum absolute atomic E-state index is 13.6. The van der Waals surface area contributed by atoms with Gasteiger partial charge in [0, 0.05) is 50.2 Å². The molecule has 0 saturated carbocycles. The SMILES string of the molecule is CC/C=C(\CN)N1CCn2c(nc(-c3ccc(F)cc3)c2NC2CCOCC2)C1(C)C. The molecule has 0 spiro atoms. The van der Waals surface area contributed by atoms with Crippen LogP contribution in [0.3, 0.4) is 0 Å². The van der Waals surface area contributed by atoms with Crippen LogP contribution in [0.25, 0.3) is 11.3 Å². The molecule has 31 heavy (non-hydrogen) atoms. The lowest BCUT2D eigenvalue weighted by molar-refractivity contribution is 0.0899. The van der Waals surface area contributed by atoms with E-state index in [-0.39, 0.29) is 11.4 Å². The van der Waals surface area contributed by atoms with E-state index < -0.39 is 0 Å². The monoisotopic (exact) mass is 427 g/mol. The molecular weight excluding hydrogens is 393 g/mol. The summed E-state index contributed by atoms with van der Waals surface area (Å²) in [6.07, 6.45) is 5.10. The summed E-state index contributed by atoms with van der Waals surface area (Å²) in [6.45, 7) is 10.3. The van der Waals surface area contributed by atoms with Crippen molar-refractivity contribution in [1.82, 2.24) is 14.5 Å². The van der Waals surface area contributed by atoms with Crippen LogP contribution in [0.5, 0.6) is 0 Å². The van der Waals surface area contributed by atoms with Gasteiger partial charge < -0.3 is 25.3 Å². The Hall–Kier alpha value is -2.38. The van der Waals surface area contributed by atoms with Crippen molar-refractivity contribution < 1.29 is 9.13 Å². The Labute approximate surface area is 184 Å². The van der Waals surface area contributed by atoms with E-state index in [0.29, 0.717) is 12.6 Å². The van der Waals surface area contributed by atoms with Gasteiger partial charge in [-0.25, -0.2) is 9.37 Å². The Balaban J connectivity index is 1.79. The molecule has 0 unspecified atom stereocenters. The molecule has 168 valence electrons. The third-order valence-electron chi connectivity index (χ3n) is 6.41. The average molecular weight is 428 g/mol. The second-order valence-electron chi connectivity index (χ2n) is 8.84. The van der Waals surface area contributed by atoms with Crippen molar-refractivity contribution in [1.29, 1.82) is 0 Å². The summed E-state index contributed by atoms with van der Waals surface area (Å²) in [7, 11) is 0. The van der Waals surface area contributed by atoms with E-state index in [9.17, 15) is 4.39 Å². The highest BCUT2D eigenvalue weighted by atomic mass is 19.1. The van der Waals surface area contributed by atoms with Crippen LogP contribution in [0, 0.1) is 5.82 Å². The Morgan fingerprint density at radius 2 is 1.97 bits per heavy atom. The van der Waals surface area contributed by atoms with Crippen molar-refractivity contribution in [3.05, 3.63) is 47.7 Å². The molecule has 1 aromatic carbocycles.